The fourth-order valence-electron chi connectivity index (χ4n) is 3.74. The number of fused-ring (bicyclic) bond motifs is 1. The van der Waals surface area contributed by atoms with Gasteiger partial charge in [0.1, 0.15) is 0 Å². The lowest BCUT2D eigenvalue weighted by atomic mass is 10.1. The second kappa shape index (κ2) is 6.37. The van der Waals surface area contributed by atoms with Crippen LogP contribution >= 0.6 is 0 Å². The van der Waals surface area contributed by atoms with Crippen LogP contribution in [0.5, 0.6) is 0 Å². The number of amides is 1. The van der Waals surface area contributed by atoms with Crippen LogP contribution in [0.15, 0.2) is 23.1 Å². The van der Waals surface area contributed by atoms with E-state index in [1.165, 1.54) is 0 Å². The Labute approximate surface area is 149 Å². The summed E-state index contributed by atoms with van der Waals surface area (Å²) in [6.07, 6.45) is 4.37. The van der Waals surface area contributed by atoms with Crippen molar-refractivity contribution in [2.24, 2.45) is 5.92 Å². The number of nitrogens with zero attached hydrogens (tertiary/aromatic N) is 2. The van der Waals surface area contributed by atoms with Crippen LogP contribution in [0.2, 0.25) is 0 Å². The highest BCUT2D eigenvalue weighted by atomic mass is 32.2. The molecule has 4 rings (SSSR count). The predicted molar refractivity (Wildman–Crippen MR) is 96.1 cm³/mol. The Balaban J connectivity index is 1.50. The summed E-state index contributed by atoms with van der Waals surface area (Å²) in [4.78, 5) is 16.7. The zero-order valence-corrected chi connectivity index (χ0v) is 15.4. The van der Waals surface area contributed by atoms with Gasteiger partial charge < -0.3 is 9.80 Å². The number of hydrogen-bond acceptors (Lipinski definition) is 4. The van der Waals surface area contributed by atoms with E-state index in [4.69, 9.17) is 0 Å². The van der Waals surface area contributed by atoms with Gasteiger partial charge in [-0.3, -0.25) is 4.79 Å². The molecule has 6 nitrogen and oxygen atoms in total. The molecule has 1 amide bonds. The highest BCUT2D eigenvalue weighted by Gasteiger charge is 2.36. The Morgan fingerprint density at radius 1 is 1.12 bits per heavy atom. The largest absolute Gasteiger partial charge is 0.312 e. The topological polar surface area (TPSA) is 69.7 Å². The van der Waals surface area contributed by atoms with Crippen LogP contribution in [0, 0.1) is 5.92 Å². The van der Waals surface area contributed by atoms with Crippen LogP contribution in [-0.4, -0.2) is 51.9 Å². The Morgan fingerprint density at radius 3 is 2.52 bits per heavy atom. The molecule has 0 radical (unpaired) electrons. The molecular formula is C18H25N3O3S. The van der Waals surface area contributed by atoms with E-state index in [0.29, 0.717) is 11.4 Å². The van der Waals surface area contributed by atoms with Gasteiger partial charge in [-0.1, -0.05) is 0 Å². The number of rotatable bonds is 4. The van der Waals surface area contributed by atoms with Crippen molar-refractivity contribution in [2.75, 3.05) is 31.6 Å². The molecule has 1 saturated carbocycles. The molecule has 136 valence electrons. The summed E-state index contributed by atoms with van der Waals surface area (Å²) in [6, 6.07) is 5.18. The van der Waals surface area contributed by atoms with Gasteiger partial charge in [-0.25, -0.2) is 13.1 Å². The van der Waals surface area contributed by atoms with E-state index < -0.39 is 10.0 Å². The Bertz CT molecular complexity index is 781. The van der Waals surface area contributed by atoms with Gasteiger partial charge in [0.15, 0.2) is 0 Å². The molecule has 2 fully saturated rings. The summed E-state index contributed by atoms with van der Waals surface area (Å²) >= 11 is 0. The minimum atomic E-state index is -3.51. The molecule has 1 N–H and O–H groups in total. The summed E-state index contributed by atoms with van der Waals surface area (Å²) in [5, 5.41) is 0. The highest BCUT2D eigenvalue weighted by Crippen LogP contribution is 2.37. The Morgan fingerprint density at radius 2 is 1.84 bits per heavy atom. The van der Waals surface area contributed by atoms with Gasteiger partial charge in [-0.05, 0) is 76.0 Å². The van der Waals surface area contributed by atoms with E-state index in [9.17, 15) is 13.2 Å². The molecule has 1 saturated heterocycles. The van der Waals surface area contributed by atoms with E-state index in [0.717, 1.165) is 56.4 Å². The lowest BCUT2D eigenvalue weighted by Crippen LogP contribution is -2.43. The average Bonchev–Trinajstić information content (AvgIpc) is 3.35. The van der Waals surface area contributed by atoms with Gasteiger partial charge in [0, 0.05) is 24.2 Å². The molecule has 0 aromatic heterocycles. The van der Waals surface area contributed by atoms with Crippen molar-refractivity contribution in [1.82, 2.24) is 9.62 Å². The zero-order valence-electron chi connectivity index (χ0n) is 14.6. The molecule has 25 heavy (non-hydrogen) atoms. The molecular weight excluding hydrogens is 338 g/mol. The summed E-state index contributed by atoms with van der Waals surface area (Å²) in [7, 11) is -1.46. The second-order valence-electron chi connectivity index (χ2n) is 7.50. The van der Waals surface area contributed by atoms with Crippen LogP contribution in [0.4, 0.5) is 5.69 Å². The van der Waals surface area contributed by atoms with Crippen molar-refractivity contribution in [3.8, 4) is 0 Å². The molecule has 0 bridgehead atoms. The Kier molecular flexibility index (Phi) is 4.33. The van der Waals surface area contributed by atoms with Crippen molar-refractivity contribution in [3.05, 3.63) is 23.8 Å². The zero-order chi connectivity index (χ0) is 17.6. The maximum Gasteiger partial charge on any atom is 0.240 e. The molecule has 1 aliphatic carbocycles. The lowest BCUT2D eigenvalue weighted by Gasteiger charge is -2.29. The number of hydrogen-bond donors (Lipinski definition) is 1. The average molecular weight is 363 g/mol. The van der Waals surface area contributed by atoms with Gasteiger partial charge in [0.25, 0.3) is 0 Å². The number of likely N-dealkylation sites (tertiary alicyclic amines) is 1. The van der Waals surface area contributed by atoms with Crippen LogP contribution < -0.4 is 9.62 Å². The van der Waals surface area contributed by atoms with Crippen LogP contribution in [-0.2, 0) is 21.2 Å². The lowest BCUT2D eigenvalue weighted by molar-refractivity contribution is -0.119. The normalized spacial score (nSPS) is 22.2. The third-order valence-corrected chi connectivity index (χ3v) is 7.01. The van der Waals surface area contributed by atoms with E-state index in [2.05, 4.69) is 16.7 Å². The van der Waals surface area contributed by atoms with Gasteiger partial charge in [0.2, 0.25) is 15.9 Å². The minimum absolute atomic E-state index is 0.00222. The molecule has 2 heterocycles. The fraction of sp³-hybridized carbons (Fsp3) is 0.611. The first-order chi connectivity index (χ1) is 11.9. The van der Waals surface area contributed by atoms with Crippen molar-refractivity contribution in [2.45, 2.75) is 43.0 Å². The SMILES string of the molecule is CN1CCC(NS(=O)(=O)c2ccc3c(c2)CCN3C(=O)C2CC2)CC1. The van der Waals surface area contributed by atoms with Crippen molar-refractivity contribution in [1.29, 1.82) is 0 Å². The van der Waals surface area contributed by atoms with Gasteiger partial charge in [-0.15, -0.1) is 0 Å². The third-order valence-electron chi connectivity index (χ3n) is 5.49. The van der Waals surface area contributed by atoms with Gasteiger partial charge in [-0.2, -0.15) is 0 Å². The van der Waals surface area contributed by atoms with E-state index in [1.54, 1.807) is 18.2 Å². The first-order valence-corrected chi connectivity index (χ1v) is 10.6. The second-order valence-corrected chi connectivity index (χ2v) is 9.22. The maximum atomic E-state index is 12.7. The molecule has 0 unspecified atom stereocenters. The van der Waals surface area contributed by atoms with E-state index >= 15 is 0 Å². The van der Waals surface area contributed by atoms with Crippen LogP contribution in [0.25, 0.3) is 0 Å². The monoisotopic (exact) mass is 363 g/mol. The number of nitrogens with one attached hydrogen (secondary N) is 1. The van der Waals surface area contributed by atoms with Crippen LogP contribution in [0.1, 0.15) is 31.2 Å². The Hall–Kier alpha value is -1.44. The number of carbonyl (C=O) groups is 1. The molecule has 2 aliphatic heterocycles. The first-order valence-electron chi connectivity index (χ1n) is 9.09. The smallest absolute Gasteiger partial charge is 0.240 e. The number of carbonyl (C=O) groups excluding carboxylic acids is 1. The molecule has 0 spiro atoms. The summed E-state index contributed by atoms with van der Waals surface area (Å²) in [6.45, 7) is 2.49. The summed E-state index contributed by atoms with van der Waals surface area (Å²) in [5.74, 6) is 0.374. The molecule has 1 aromatic carbocycles. The van der Waals surface area contributed by atoms with Crippen molar-refractivity contribution >= 4 is 21.6 Å². The van der Waals surface area contributed by atoms with E-state index in [1.807, 2.05) is 4.90 Å². The number of sulfonamides is 1. The quantitative estimate of drug-likeness (QED) is 0.877. The van der Waals surface area contributed by atoms with Gasteiger partial charge in [0.05, 0.1) is 4.90 Å². The molecule has 1 aromatic rings. The highest BCUT2D eigenvalue weighted by molar-refractivity contribution is 7.89. The van der Waals surface area contributed by atoms with Crippen LogP contribution in [0.3, 0.4) is 0 Å². The molecule has 3 aliphatic rings. The number of benzene rings is 1. The van der Waals surface area contributed by atoms with Gasteiger partial charge >= 0.3 is 0 Å². The van der Waals surface area contributed by atoms with E-state index in [-0.39, 0.29) is 17.9 Å². The molecule has 7 heteroatoms. The predicted octanol–water partition coefficient (Wildman–Crippen LogP) is 1.36. The van der Waals surface area contributed by atoms with Crippen molar-refractivity contribution < 1.29 is 13.2 Å². The van der Waals surface area contributed by atoms with Crippen molar-refractivity contribution in [3.63, 3.8) is 0 Å². The summed E-state index contributed by atoms with van der Waals surface area (Å²) in [5.41, 5.74) is 1.84. The maximum absolute atomic E-state index is 12.7. The number of anilines is 1. The fourth-order valence-corrected chi connectivity index (χ4v) is 5.09. The number of piperidine rings is 1. The standard InChI is InChI=1S/C18H25N3O3S/c1-20-9-7-15(8-10-20)19-25(23,24)16-4-5-17-14(12-16)6-11-21(17)18(22)13-2-3-13/h4-5,12-13,15,19H,2-3,6-11H2,1H3. The summed E-state index contributed by atoms with van der Waals surface area (Å²) < 4.78 is 28.3. The third kappa shape index (κ3) is 3.45. The molecule has 0 atom stereocenters. The minimum Gasteiger partial charge on any atom is -0.312 e. The first kappa shape index (κ1) is 17.0.